The van der Waals surface area contributed by atoms with Gasteiger partial charge in [-0.2, -0.15) is 11.8 Å². The molecule has 0 aliphatic carbocycles. The predicted molar refractivity (Wildman–Crippen MR) is 82.8 cm³/mol. The van der Waals surface area contributed by atoms with E-state index in [0.29, 0.717) is 0 Å². The maximum Gasteiger partial charge on any atom is 0.138 e. The number of nitrogens with one attached hydrogen (secondary N) is 1. The molecule has 2 aromatic rings. The smallest absolute Gasteiger partial charge is 0.138 e. The first-order valence-electron chi connectivity index (χ1n) is 6.01. The number of fused-ring (bicyclic) bond motifs is 1. The lowest BCUT2D eigenvalue weighted by Crippen LogP contribution is -2.06. The van der Waals surface area contributed by atoms with Gasteiger partial charge in [0.25, 0.3) is 0 Å². The summed E-state index contributed by atoms with van der Waals surface area (Å²) >= 11 is 3.62. The number of aryl methyl sites for hydroxylation is 1. The van der Waals surface area contributed by atoms with Gasteiger partial charge in [-0.25, -0.2) is 9.97 Å². The van der Waals surface area contributed by atoms with Crippen molar-refractivity contribution in [1.82, 2.24) is 9.97 Å². The van der Waals surface area contributed by atoms with Gasteiger partial charge in [-0.1, -0.05) is 13.0 Å². The first-order valence-corrected chi connectivity index (χ1v) is 7.98. The van der Waals surface area contributed by atoms with Crippen LogP contribution in [0.2, 0.25) is 0 Å². The molecular weight excluding hydrogens is 262 g/mol. The third-order valence-corrected chi connectivity index (χ3v) is 4.66. The van der Waals surface area contributed by atoms with Crippen LogP contribution in [-0.2, 0) is 6.42 Å². The summed E-state index contributed by atoms with van der Waals surface area (Å²) in [6.07, 6.45) is 4.62. The first kappa shape index (κ1) is 13.4. The Morgan fingerprint density at radius 2 is 2.39 bits per heavy atom. The second kappa shape index (κ2) is 6.75. The van der Waals surface area contributed by atoms with Gasteiger partial charge in [0.05, 0.1) is 5.39 Å². The number of hydrogen-bond donors (Lipinski definition) is 1. The van der Waals surface area contributed by atoms with Crippen LogP contribution in [0.25, 0.3) is 10.2 Å². The van der Waals surface area contributed by atoms with Crippen molar-refractivity contribution in [2.75, 3.05) is 23.4 Å². The van der Waals surface area contributed by atoms with Crippen molar-refractivity contribution in [3.8, 4) is 0 Å². The van der Waals surface area contributed by atoms with Crippen LogP contribution in [-0.4, -0.2) is 28.0 Å². The van der Waals surface area contributed by atoms with Gasteiger partial charge in [0.1, 0.15) is 17.0 Å². The molecule has 0 aromatic carbocycles. The Balaban J connectivity index is 2.03. The molecular formula is C13H17N3S2. The zero-order valence-corrected chi connectivity index (χ0v) is 12.1. The minimum Gasteiger partial charge on any atom is -0.369 e. The van der Waals surface area contributed by atoms with E-state index >= 15 is 0 Å². The molecule has 2 heterocycles. The quantitative estimate of drug-likeness (QED) is 0.621. The summed E-state index contributed by atoms with van der Waals surface area (Å²) in [4.78, 5) is 11.1. The SMILES string of the molecule is C=CCSCCNc1ncnc2sc(CC)cc12. The predicted octanol–water partition coefficient (Wildman–Crippen LogP) is 3.58. The highest BCUT2D eigenvalue weighted by Crippen LogP contribution is 2.28. The highest BCUT2D eigenvalue weighted by Gasteiger charge is 2.07. The molecule has 96 valence electrons. The van der Waals surface area contributed by atoms with Crippen LogP contribution in [0.15, 0.2) is 25.0 Å². The van der Waals surface area contributed by atoms with E-state index in [1.807, 2.05) is 17.8 Å². The molecule has 0 spiro atoms. The van der Waals surface area contributed by atoms with Gasteiger partial charge in [-0.3, -0.25) is 0 Å². The molecule has 3 nitrogen and oxygen atoms in total. The molecule has 0 aliphatic heterocycles. The highest BCUT2D eigenvalue weighted by atomic mass is 32.2. The monoisotopic (exact) mass is 279 g/mol. The van der Waals surface area contributed by atoms with Crippen molar-refractivity contribution < 1.29 is 0 Å². The summed E-state index contributed by atoms with van der Waals surface area (Å²) in [5.41, 5.74) is 0. The summed E-state index contributed by atoms with van der Waals surface area (Å²) in [5, 5.41) is 4.53. The first-order chi connectivity index (χ1) is 8.85. The zero-order chi connectivity index (χ0) is 12.8. The standard InChI is InChI=1S/C13H17N3S2/c1-3-6-17-7-5-14-12-11-8-10(4-2)18-13(11)16-9-15-12/h3,8-9H,1,4-7H2,2H3,(H,14,15,16). The summed E-state index contributed by atoms with van der Waals surface area (Å²) in [7, 11) is 0. The van der Waals surface area contributed by atoms with Crippen LogP contribution in [0.3, 0.4) is 0 Å². The van der Waals surface area contributed by atoms with Crippen LogP contribution in [0.4, 0.5) is 5.82 Å². The Hall–Kier alpha value is -1.07. The molecule has 2 rings (SSSR count). The molecule has 0 atom stereocenters. The van der Waals surface area contributed by atoms with E-state index in [1.165, 1.54) is 4.88 Å². The normalized spacial score (nSPS) is 10.7. The van der Waals surface area contributed by atoms with Gasteiger partial charge in [0.2, 0.25) is 0 Å². The molecule has 5 heteroatoms. The van der Waals surface area contributed by atoms with E-state index in [1.54, 1.807) is 17.7 Å². The number of nitrogens with zero attached hydrogens (tertiary/aromatic N) is 2. The Morgan fingerprint density at radius 1 is 1.50 bits per heavy atom. The maximum absolute atomic E-state index is 4.33. The third-order valence-electron chi connectivity index (χ3n) is 2.50. The van der Waals surface area contributed by atoms with Gasteiger partial charge in [0.15, 0.2) is 0 Å². The molecule has 0 radical (unpaired) electrons. The summed E-state index contributed by atoms with van der Waals surface area (Å²) in [6.45, 7) is 6.79. The molecule has 18 heavy (non-hydrogen) atoms. The van der Waals surface area contributed by atoms with Gasteiger partial charge < -0.3 is 5.32 Å². The number of aromatic nitrogens is 2. The Morgan fingerprint density at radius 3 is 3.17 bits per heavy atom. The molecule has 2 aromatic heterocycles. The molecule has 0 saturated heterocycles. The largest absolute Gasteiger partial charge is 0.369 e. The summed E-state index contributed by atoms with van der Waals surface area (Å²) in [5.74, 6) is 3.01. The lowest BCUT2D eigenvalue weighted by molar-refractivity contribution is 1.15. The van der Waals surface area contributed by atoms with Crippen molar-refractivity contribution in [1.29, 1.82) is 0 Å². The Bertz CT molecular complexity index is 522. The van der Waals surface area contributed by atoms with E-state index in [4.69, 9.17) is 0 Å². The van der Waals surface area contributed by atoms with Gasteiger partial charge in [0, 0.05) is 22.9 Å². The van der Waals surface area contributed by atoms with Crippen LogP contribution in [0.5, 0.6) is 0 Å². The minimum atomic E-state index is 0.919. The molecule has 0 fully saturated rings. The molecule has 0 saturated carbocycles. The summed E-state index contributed by atoms with van der Waals surface area (Å²) < 4.78 is 0. The molecule has 0 aliphatic rings. The van der Waals surface area contributed by atoms with E-state index < -0.39 is 0 Å². The van der Waals surface area contributed by atoms with E-state index in [2.05, 4.69) is 34.9 Å². The molecule has 1 N–H and O–H groups in total. The number of hydrogen-bond acceptors (Lipinski definition) is 5. The highest BCUT2D eigenvalue weighted by molar-refractivity contribution is 7.99. The number of rotatable bonds is 7. The second-order valence-corrected chi connectivity index (χ2v) is 6.06. The number of thioether (sulfide) groups is 1. The van der Waals surface area contributed by atoms with Crippen LogP contribution >= 0.6 is 23.1 Å². The summed E-state index contributed by atoms with van der Waals surface area (Å²) in [6, 6.07) is 2.19. The fourth-order valence-corrected chi connectivity index (χ4v) is 3.14. The van der Waals surface area contributed by atoms with Crippen LogP contribution in [0, 0.1) is 0 Å². The van der Waals surface area contributed by atoms with Crippen LogP contribution in [0.1, 0.15) is 11.8 Å². The van der Waals surface area contributed by atoms with Crippen molar-refractivity contribution in [2.45, 2.75) is 13.3 Å². The minimum absolute atomic E-state index is 0.919. The fourth-order valence-electron chi connectivity index (χ4n) is 1.63. The number of anilines is 1. The average Bonchev–Trinajstić information content (AvgIpc) is 2.82. The average molecular weight is 279 g/mol. The second-order valence-electron chi connectivity index (χ2n) is 3.80. The van der Waals surface area contributed by atoms with Crippen molar-refractivity contribution >= 4 is 39.1 Å². The zero-order valence-electron chi connectivity index (χ0n) is 10.5. The molecule has 0 amide bonds. The van der Waals surface area contributed by atoms with Gasteiger partial charge >= 0.3 is 0 Å². The van der Waals surface area contributed by atoms with E-state index in [0.717, 1.165) is 40.5 Å². The van der Waals surface area contributed by atoms with Gasteiger partial charge in [-0.05, 0) is 12.5 Å². The van der Waals surface area contributed by atoms with Crippen molar-refractivity contribution in [3.05, 3.63) is 29.9 Å². The van der Waals surface area contributed by atoms with Crippen molar-refractivity contribution in [3.63, 3.8) is 0 Å². The number of thiophene rings is 1. The molecule has 0 bridgehead atoms. The van der Waals surface area contributed by atoms with Gasteiger partial charge in [-0.15, -0.1) is 17.9 Å². The molecule has 0 unspecified atom stereocenters. The van der Waals surface area contributed by atoms with Crippen molar-refractivity contribution in [2.24, 2.45) is 0 Å². The fraction of sp³-hybridized carbons (Fsp3) is 0.385. The maximum atomic E-state index is 4.33. The third kappa shape index (κ3) is 3.23. The lowest BCUT2D eigenvalue weighted by atomic mass is 10.3. The van der Waals surface area contributed by atoms with E-state index in [-0.39, 0.29) is 0 Å². The Kier molecular flexibility index (Phi) is 5.01. The topological polar surface area (TPSA) is 37.8 Å². The van der Waals surface area contributed by atoms with Crippen LogP contribution < -0.4 is 5.32 Å². The van der Waals surface area contributed by atoms with E-state index in [9.17, 15) is 0 Å². The Labute approximate surface area is 116 Å². The lowest BCUT2D eigenvalue weighted by Gasteiger charge is -2.05.